The quantitative estimate of drug-likeness (QED) is 0.825. The second-order valence-electron chi connectivity index (χ2n) is 6.61. The minimum Gasteiger partial charge on any atom is -0.373 e. The van der Waals surface area contributed by atoms with E-state index in [9.17, 15) is 4.79 Å². The Morgan fingerprint density at radius 3 is 2.62 bits per heavy atom. The van der Waals surface area contributed by atoms with E-state index in [1.54, 1.807) is 0 Å². The van der Waals surface area contributed by atoms with Gasteiger partial charge in [-0.2, -0.15) is 0 Å². The number of aryl methyl sites for hydroxylation is 1. The van der Waals surface area contributed by atoms with E-state index in [1.807, 2.05) is 34.8 Å². The number of ether oxygens (including phenoxy) is 1. The van der Waals surface area contributed by atoms with Gasteiger partial charge in [0.25, 0.3) is 5.91 Å². The van der Waals surface area contributed by atoms with Crippen LogP contribution >= 0.6 is 0 Å². The van der Waals surface area contributed by atoms with Gasteiger partial charge in [-0.1, -0.05) is 0 Å². The van der Waals surface area contributed by atoms with Crippen LogP contribution in [0.1, 0.15) is 29.8 Å². The summed E-state index contributed by atoms with van der Waals surface area (Å²) in [5.41, 5.74) is 0.768. The molecular formula is C16H25N3O2. The zero-order chi connectivity index (χ0) is 15.0. The fourth-order valence-corrected chi connectivity index (χ4v) is 3.46. The molecule has 116 valence electrons. The third-order valence-corrected chi connectivity index (χ3v) is 5.04. The third kappa shape index (κ3) is 2.72. The van der Waals surface area contributed by atoms with E-state index in [0.29, 0.717) is 6.04 Å². The zero-order valence-corrected chi connectivity index (χ0v) is 13.2. The topological polar surface area (TPSA) is 37.7 Å². The summed E-state index contributed by atoms with van der Waals surface area (Å²) in [6, 6.07) is 4.32. The van der Waals surface area contributed by atoms with Crippen LogP contribution in [0.2, 0.25) is 0 Å². The van der Waals surface area contributed by atoms with Crippen LogP contribution in [0, 0.1) is 0 Å². The van der Waals surface area contributed by atoms with Crippen molar-refractivity contribution in [2.75, 3.05) is 33.8 Å². The van der Waals surface area contributed by atoms with Crippen LogP contribution < -0.4 is 0 Å². The van der Waals surface area contributed by atoms with E-state index in [0.717, 1.165) is 44.7 Å². The molecule has 1 aromatic rings. The molecule has 0 radical (unpaired) electrons. The number of amides is 1. The normalized spacial score (nSPS) is 25.0. The van der Waals surface area contributed by atoms with Gasteiger partial charge in [0, 0.05) is 32.4 Å². The number of hydrogen-bond donors (Lipinski definition) is 0. The summed E-state index contributed by atoms with van der Waals surface area (Å²) in [6.07, 6.45) is 4.91. The summed E-state index contributed by atoms with van der Waals surface area (Å²) in [7, 11) is 6.14. The van der Waals surface area contributed by atoms with Gasteiger partial charge in [-0.15, -0.1) is 0 Å². The van der Waals surface area contributed by atoms with Crippen molar-refractivity contribution in [2.45, 2.75) is 30.9 Å². The van der Waals surface area contributed by atoms with E-state index < -0.39 is 0 Å². The van der Waals surface area contributed by atoms with E-state index in [4.69, 9.17) is 4.74 Å². The van der Waals surface area contributed by atoms with Gasteiger partial charge in [-0.05, 0) is 45.5 Å². The first-order valence-corrected chi connectivity index (χ1v) is 7.72. The highest BCUT2D eigenvalue weighted by Crippen LogP contribution is 2.37. The number of carbonyl (C=O) groups excluding carboxylic acids is 1. The van der Waals surface area contributed by atoms with E-state index >= 15 is 0 Å². The van der Waals surface area contributed by atoms with Gasteiger partial charge in [0.2, 0.25) is 0 Å². The maximum atomic E-state index is 12.5. The minimum absolute atomic E-state index is 0.0000741. The Kier molecular flexibility index (Phi) is 3.80. The largest absolute Gasteiger partial charge is 0.373 e. The van der Waals surface area contributed by atoms with Crippen LogP contribution in [0.5, 0.6) is 0 Å². The molecule has 0 saturated carbocycles. The number of piperidine rings is 1. The van der Waals surface area contributed by atoms with Crippen LogP contribution in [0.15, 0.2) is 18.3 Å². The highest BCUT2D eigenvalue weighted by Gasteiger charge is 2.44. The van der Waals surface area contributed by atoms with Crippen molar-refractivity contribution in [3.05, 3.63) is 24.0 Å². The lowest BCUT2D eigenvalue weighted by molar-refractivity contribution is -0.0393. The Bertz CT molecular complexity index is 515. The van der Waals surface area contributed by atoms with Crippen LogP contribution in [0.3, 0.4) is 0 Å². The summed E-state index contributed by atoms with van der Waals surface area (Å²) in [5, 5.41) is 0. The molecule has 1 atom stereocenters. The summed E-state index contributed by atoms with van der Waals surface area (Å²) < 4.78 is 8.00. The Hall–Kier alpha value is -1.33. The van der Waals surface area contributed by atoms with Gasteiger partial charge in [-0.25, -0.2) is 0 Å². The van der Waals surface area contributed by atoms with Crippen molar-refractivity contribution >= 4 is 5.91 Å². The molecule has 1 amide bonds. The summed E-state index contributed by atoms with van der Waals surface area (Å²) >= 11 is 0. The lowest BCUT2D eigenvalue weighted by Crippen LogP contribution is -2.47. The van der Waals surface area contributed by atoms with Crippen molar-refractivity contribution in [3.63, 3.8) is 0 Å². The SMILES string of the molecule is CN(C)[C@@H]1COC2(CCN(C(=O)c3cccn3C)CC2)C1. The highest BCUT2D eigenvalue weighted by atomic mass is 16.5. The average molecular weight is 291 g/mol. The molecular weight excluding hydrogens is 266 g/mol. The molecule has 21 heavy (non-hydrogen) atoms. The van der Waals surface area contributed by atoms with Crippen molar-refractivity contribution in [3.8, 4) is 0 Å². The molecule has 0 N–H and O–H groups in total. The highest BCUT2D eigenvalue weighted by molar-refractivity contribution is 5.92. The minimum atomic E-state index is -0.0000741. The molecule has 2 aliphatic heterocycles. The van der Waals surface area contributed by atoms with Crippen LogP contribution in [-0.2, 0) is 11.8 Å². The number of aromatic nitrogens is 1. The molecule has 1 aromatic heterocycles. The molecule has 0 aromatic carbocycles. The Labute approximate surface area is 126 Å². The fourth-order valence-electron chi connectivity index (χ4n) is 3.46. The zero-order valence-electron chi connectivity index (χ0n) is 13.2. The van der Waals surface area contributed by atoms with Crippen LogP contribution in [-0.4, -0.2) is 65.7 Å². The number of carbonyl (C=O) groups is 1. The van der Waals surface area contributed by atoms with Crippen molar-refractivity contribution in [2.24, 2.45) is 7.05 Å². The van der Waals surface area contributed by atoms with Crippen molar-refractivity contribution < 1.29 is 9.53 Å². The van der Waals surface area contributed by atoms with Crippen molar-refractivity contribution in [1.82, 2.24) is 14.4 Å². The van der Waals surface area contributed by atoms with Crippen LogP contribution in [0.25, 0.3) is 0 Å². The molecule has 3 rings (SSSR count). The Balaban J connectivity index is 1.61. The fraction of sp³-hybridized carbons (Fsp3) is 0.688. The molecule has 5 heteroatoms. The molecule has 5 nitrogen and oxygen atoms in total. The smallest absolute Gasteiger partial charge is 0.270 e. The molecule has 1 spiro atoms. The van der Waals surface area contributed by atoms with Crippen molar-refractivity contribution in [1.29, 1.82) is 0 Å². The molecule has 0 unspecified atom stereocenters. The van der Waals surface area contributed by atoms with Gasteiger partial charge >= 0.3 is 0 Å². The standard InChI is InChI=1S/C16H25N3O2/c1-17(2)13-11-16(21-12-13)6-9-19(10-7-16)15(20)14-5-4-8-18(14)3/h4-5,8,13H,6-7,9-12H2,1-3H3/t13-/m0/s1. The van der Waals surface area contributed by atoms with Gasteiger partial charge < -0.3 is 19.1 Å². The second-order valence-corrected chi connectivity index (χ2v) is 6.61. The molecule has 2 saturated heterocycles. The molecule has 3 heterocycles. The second kappa shape index (κ2) is 5.46. The predicted molar refractivity (Wildman–Crippen MR) is 81.3 cm³/mol. The monoisotopic (exact) mass is 291 g/mol. The molecule has 0 bridgehead atoms. The first kappa shape index (κ1) is 14.6. The maximum Gasteiger partial charge on any atom is 0.270 e. The van der Waals surface area contributed by atoms with Gasteiger partial charge in [0.15, 0.2) is 0 Å². The third-order valence-electron chi connectivity index (χ3n) is 5.04. The number of nitrogens with zero attached hydrogens (tertiary/aromatic N) is 3. The van der Waals surface area contributed by atoms with E-state index in [2.05, 4.69) is 19.0 Å². The predicted octanol–water partition coefficient (Wildman–Crippen LogP) is 1.35. The number of rotatable bonds is 2. The Morgan fingerprint density at radius 1 is 1.38 bits per heavy atom. The first-order valence-electron chi connectivity index (χ1n) is 7.72. The Morgan fingerprint density at radius 2 is 2.10 bits per heavy atom. The van der Waals surface area contributed by atoms with Crippen LogP contribution in [0.4, 0.5) is 0 Å². The number of likely N-dealkylation sites (tertiary alicyclic amines) is 1. The maximum absolute atomic E-state index is 12.5. The lowest BCUT2D eigenvalue weighted by atomic mass is 9.87. The van der Waals surface area contributed by atoms with E-state index in [-0.39, 0.29) is 11.5 Å². The molecule has 2 fully saturated rings. The molecule has 0 aliphatic carbocycles. The van der Waals surface area contributed by atoms with Gasteiger partial charge in [0.1, 0.15) is 5.69 Å². The first-order chi connectivity index (χ1) is 10.0. The number of likely N-dealkylation sites (N-methyl/N-ethyl adjacent to an activating group) is 1. The summed E-state index contributed by atoms with van der Waals surface area (Å²) in [4.78, 5) is 16.7. The van der Waals surface area contributed by atoms with Gasteiger partial charge in [0.05, 0.1) is 12.2 Å². The van der Waals surface area contributed by atoms with E-state index in [1.165, 1.54) is 0 Å². The van der Waals surface area contributed by atoms with Gasteiger partial charge in [-0.3, -0.25) is 4.79 Å². The summed E-state index contributed by atoms with van der Waals surface area (Å²) in [5.74, 6) is 0.138. The average Bonchev–Trinajstić information content (AvgIpc) is 3.06. The molecule has 2 aliphatic rings. The number of hydrogen-bond acceptors (Lipinski definition) is 3. The lowest BCUT2D eigenvalue weighted by Gasteiger charge is -2.38. The summed E-state index contributed by atoms with van der Waals surface area (Å²) in [6.45, 7) is 2.41.